The first-order valence-corrected chi connectivity index (χ1v) is 7.26. The molecule has 0 atom stereocenters. The zero-order valence-corrected chi connectivity index (χ0v) is 9.25. The molecule has 0 nitrogen and oxygen atoms in total. The van der Waals surface area contributed by atoms with E-state index < -0.39 is 8.07 Å². The molecule has 2 aliphatic carbocycles. The van der Waals surface area contributed by atoms with Gasteiger partial charge in [-0.15, -0.1) is 18.0 Å². The Labute approximate surface area is 85.7 Å². The van der Waals surface area contributed by atoms with Crippen LogP contribution < -0.4 is 0 Å². The fourth-order valence-corrected chi connectivity index (χ4v) is 4.05. The van der Waals surface area contributed by atoms with Crippen LogP contribution in [0.2, 0.25) is 6.55 Å². The van der Waals surface area contributed by atoms with E-state index in [0.29, 0.717) is 0 Å². The summed E-state index contributed by atoms with van der Waals surface area (Å²) >= 11 is 0. The number of hydrogen-bond acceptors (Lipinski definition) is 0. The SMILES string of the molecule is C=C[Si](C)(C1=C=CC=C1)C1=C=CC=C1. The van der Waals surface area contributed by atoms with Crippen LogP contribution in [0.15, 0.2) is 70.6 Å². The molecule has 0 aromatic rings. The summed E-state index contributed by atoms with van der Waals surface area (Å²) in [6.45, 7) is 6.24. The van der Waals surface area contributed by atoms with Gasteiger partial charge in [0, 0.05) is 0 Å². The van der Waals surface area contributed by atoms with Gasteiger partial charge in [0.15, 0.2) is 8.07 Å². The Balaban J connectivity index is 2.50. The molecule has 0 aliphatic heterocycles. The van der Waals surface area contributed by atoms with Gasteiger partial charge in [-0.05, 0) is 22.5 Å². The second-order valence-electron chi connectivity index (χ2n) is 3.57. The largest absolute Gasteiger partial charge is 0.156 e. The second kappa shape index (κ2) is 3.32. The minimum atomic E-state index is -1.72. The van der Waals surface area contributed by atoms with E-state index in [4.69, 9.17) is 0 Å². The van der Waals surface area contributed by atoms with E-state index in [2.05, 4.69) is 42.4 Å². The summed E-state index contributed by atoms with van der Waals surface area (Å²) in [4.78, 5) is 0. The van der Waals surface area contributed by atoms with Crippen LogP contribution in [0.1, 0.15) is 0 Å². The van der Waals surface area contributed by atoms with E-state index in [0.717, 1.165) is 0 Å². The van der Waals surface area contributed by atoms with E-state index in [1.165, 1.54) is 10.4 Å². The molecule has 0 unspecified atom stereocenters. The highest BCUT2D eigenvalue weighted by Crippen LogP contribution is 2.28. The molecule has 2 aliphatic rings. The van der Waals surface area contributed by atoms with Crippen LogP contribution in [-0.4, -0.2) is 8.07 Å². The van der Waals surface area contributed by atoms with Gasteiger partial charge >= 0.3 is 0 Å². The monoisotopic (exact) mass is 196 g/mol. The third-order valence-electron chi connectivity index (χ3n) is 2.72. The van der Waals surface area contributed by atoms with Crippen LogP contribution >= 0.6 is 0 Å². The molecule has 0 heterocycles. The molecule has 0 bridgehead atoms. The minimum absolute atomic E-state index is 1.29. The lowest BCUT2D eigenvalue weighted by molar-refractivity contribution is 1.72. The Morgan fingerprint density at radius 1 is 1.14 bits per heavy atom. The number of allylic oxidation sites excluding steroid dienone is 6. The smallest absolute Gasteiger partial charge is 0.121 e. The van der Waals surface area contributed by atoms with Gasteiger partial charge in [-0.1, -0.05) is 36.6 Å². The Morgan fingerprint density at radius 2 is 1.64 bits per heavy atom. The molecule has 0 amide bonds. The normalized spacial score (nSPS) is 17.5. The summed E-state index contributed by atoms with van der Waals surface area (Å²) in [5, 5.41) is 2.57. The lowest BCUT2D eigenvalue weighted by Crippen LogP contribution is -2.31. The predicted molar refractivity (Wildman–Crippen MR) is 63.3 cm³/mol. The first-order chi connectivity index (χ1) is 6.77. The summed E-state index contributed by atoms with van der Waals surface area (Å²) in [7, 11) is -1.72. The molecule has 0 fully saturated rings. The Bertz CT molecular complexity index is 421. The van der Waals surface area contributed by atoms with Gasteiger partial charge in [0.2, 0.25) is 0 Å². The Hall–Kier alpha value is -1.52. The molecule has 0 aromatic carbocycles. The zero-order valence-electron chi connectivity index (χ0n) is 8.25. The van der Waals surface area contributed by atoms with Gasteiger partial charge in [-0.3, -0.25) is 0 Å². The van der Waals surface area contributed by atoms with Crippen LogP contribution in [-0.2, 0) is 0 Å². The number of rotatable bonds is 3. The Morgan fingerprint density at radius 3 is 1.93 bits per heavy atom. The summed E-state index contributed by atoms with van der Waals surface area (Å²) < 4.78 is 0. The summed E-state index contributed by atoms with van der Waals surface area (Å²) in [6, 6.07) is 0. The minimum Gasteiger partial charge on any atom is -0.121 e. The van der Waals surface area contributed by atoms with Crippen molar-refractivity contribution in [2.75, 3.05) is 0 Å². The van der Waals surface area contributed by atoms with E-state index in [9.17, 15) is 0 Å². The van der Waals surface area contributed by atoms with E-state index in [1.807, 2.05) is 24.3 Å². The molecule has 0 radical (unpaired) electrons. The molecule has 0 saturated carbocycles. The second-order valence-corrected chi connectivity index (χ2v) is 7.46. The van der Waals surface area contributed by atoms with Crippen LogP contribution in [0.4, 0.5) is 0 Å². The van der Waals surface area contributed by atoms with Gasteiger partial charge in [-0.25, -0.2) is 0 Å². The maximum absolute atomic E-state index is 3.97. The van der Waals surface area contributed by atoms with Crippen molar-refractivity contribution in [3.8, 4) is 0 Å². The fourth-order valence-electron chi connectivity index (χ4n) is 1.67. The van der Waals surface area contributed by atoms with Crippen molar-refractivity contribution in [2.24, 2.45) is 0 Å². The molecular weight excluding hydrogens is 184 g/mol. The summed E-state index contributed by atoms with van der Waals surface area (Å²) in [6.07, 6.45) is 12.3. The topological polar surface area (TPSA) is 0 Å². The van der Waals surface area contributed by atoms with Gasteiger partial charge in [0.1, 0.15) is 0 Å². The standard InChI is InChI=1S/C13H12Si/c1-3-14(2,12-8-4-5-9-12)13-10-6-7-11-13/h3-8,10H,1H2,2H3. The van der Waals surface area contributed by atoms with Crippen molar-refractivity contribution >= 4 is 8.07 Å². The number of hydrogen-bond donors (Lipinski definition) is 0. The molecular formula is C13H12Si. The maximum atomic E-state index is 3.97. The molecule has 1 heteroatoms. The van der Waals surface area contributed by atoms with Gasteiger partial charge in [0.05, 0.1) is 0 Å². The molecule has 68 valence electrons. The summed E-state index contributed by atoms with van der Waals surface area (Å²) in [5.41, 5.74) is 8.66. The van der Waals surface area contributed by atoms with Crippen molar-refractivity contribution in [3.63, 3.8) is 0 Å². The van der Waals surface area contributed by atoms with E-state index >= 15 is 0 Å². The molecule has 0 aromatic heterocycles. The average molecular weight is 196 g/mol. The highest BCUT2D eigenvalue weighted by molar-refractivity contribution is 6.96. The van der Waals surface area contributed by atoms with Gasteiger partial charge in [0.25, 0.3) is 0 Å². The average Bonchev–Trinajstić information content (AvgIpc) is 2.88. The van der Waals surface area contributed by atoms with Gasteiger partial charge < -0.3 is 0 Å². The summed E-state index contributed by atoms with van der Waals surface area (Å²) in [5.74, 6) is 0. The van der Waals surface area contributed by atoms with E-state index in [-0.39, 0.29) is 0 Å². The van der Waals surface area contributed by atoms with Crippen LogP contribution in [0.3, 0.4) is 0 Å². The highest BCUT2D eigenvalue weighted by Gasteiger charge is 2.31. The molecule has 0 spiro atoms. The van der Waals surface area contributed by atoms with E-state index in [1.54, 1.807) is 0 Å². The maximum Gasteiger partial charge on any atom is 0.156 e. The first-order valence-electron chi connectivity index (χ1n) is 4.68. The molecule has 0 N–H and O–H groups in total. The molecule has 2 rings (SSSR count). The molecule has 0 saturated heterocycles. The Kier molecular flexibility index (Phi) is 2.15. The predicted octanol–water partition coefficient (Wildman–Crippen LogP) is 3.17. The van der Waals surface area contributed by atoms with Crippen LogP contribution in [0.5, 0.6) is 0 Å². The van der Waals surface area contributed by atoms with Crippen LogP contribution in [0, 0.1) is 0 Å². The fraction of sp³-hybridized carbons (Fsp3) is 0.0769. The van der Waals surface area contributed by atoms with Crippen molar-refractivity contribution < 1.29 is 0 Å². The lowest BCUT2D eigenvalue weighted by Gasteiger charge is -2.22. The highest BCUT2D eigenvalue weighted by atomic mass is 28.3. The van der Waals surface area contributed by atoms with Crippen molar-refractivity contribution in [1.82, 2.24) is 0 Å². The molecule has 14 heavy (non-hydrogen) atoms. The van der Waals surface area contributed by atoms with Crippen molar-refractivity contribution in [1.29, 1.82) is 0 Å². The van der Waals surface area contributed by atoms with Gasteiger partial charge in [-0.2, -0.15) is 0 Å². The zero-order chi connectivity index (χ0) is 10.0. The van der Waals surface area contributed by atoms with Crippen molar-refractivity contribution in [3.05, 3.63) is 70.6 Å². The first kappa shape index (κ1) is 9.05. The van der Waals surface area contributed by atoms with Crippen molar-refractivity contribution in [2.45, 2.75) is 6.55 Å². The third-order valence-corrected chi connectivity index (χ3v) is 6.40. The lowest BCUT2D eigenvalue weighted by atomic mass is 10.6. The van der Waals surface area contributed by atoms with Crippen LogP contribution in [0.25, 0.3) is 0 Å². The third kappa shape index (κ3) is 1.25. The quantitative estimate of drug-likeness (QED) is 0.480.